The number of thiazole rings is 1. The summed E-state index contributed by atoms with van der Waals surface area (Å²) in [6, 6.07) is 0. The molecule has 0 amide bonds. The van der Waals surface area contributed by atoms with Gasteiger partial charge in [0.2, 0.25) is 0 Å². The highest BCUT2D eigenvalue weighted by atomic mass is 32.1. The topological polar surface area (TPSA) is 48.1 Å². The summed E-state index contributed by atoms with van der Waals surface area (Å²) in [4.78, 5) is 3.86. The van der Waals surface area contributed by atoms with Crippen LogP contribution in [-0.2, 0) is 0 Å². The zero-order valence-electron chi connectivity index (χ0n) is 5.62. The Morgan fingerprint density at radius 3 is 3.20 bits per heavy atom. The zero-order valence-corrected chi connectivity index (χ0v) is 6.43. The van der Waals surface area contributed by atoms with E-state index in [1.165, 1.54) is 11.3 Å². The number of hydrogen-bond acceptors (Lipinski definition) is 4. The van der Waals surface area contributed by atoms with Gasteiger partial charge >= 0.3 is 0 Å². The fourth-order valence-corrected chi connectivity index (χ4v) is 1.03. The molecule has 0 aliphatic heterocycles. The molecule has 0 radical (unpaired) electrons. The lowest BCUT2D eigenvalue weighted by molar-refractivity contribution is 0.322. The first kappa shape index (κ1) is 7.50. The molecule has 0 saturated heterocycles. The molecule has 1 aromatic heterocycles. The standard InChI is InChI=1S/C6H10N2OS/c7-2-1-3-9-6-4-8-5-10-6/h4-5H,1-3,7H2. The molecule has 2 N–H and O–H groups in total. The van der Waals surface area contributed by atoms with Crippen molar-refractivity contribution in [1.82, 2.24) is 4.98 Å². The number of rotatable bonds is 4. The maximum atomic E-state index is 5.28. The van der Waals surface area contributed by atoms with Crippen LogP contribution in [0.1, 0.15) is 6.42 Å². The minimum Gasteiger partial charge on any atom is -0.483 e. The molecule has 0 spiro atoms. The summed E-state index contributed by atoms with van der Waals surface area (Å²) in [5.41, 5.74) is 7.02. The summed E-state index contributed by atoms with van der Waals surface area (Å²) in [7, 11) is 0. The molecule has 0 aromatic carbocycles. The van der Waals surface area contributed by atoms with Crippen LogP contribution in [0, 0.1) is 0 Å². The van der Waals surface area contributed by atoms with Crippen LogP contribution in [0.5, 0.6) is 5.06 Å². The van der Waals surface area contributed by atoms with Crippen LogP contribution < -0.4 is 10.5 Å². The van der Waals surface area contributed by atoms with Gasteiger partial charge in [0.25, 0.3) is 0 Å². The highest BCUT2D eigenvalue weighted by Crippen LogP contribution is 2.15. The average molecular weight is 158 g/mol. The Morgan fingerprint density at radius 2 is 2.60 bits per heavy atom. The molecule has 10 heavy (non-hydrogen) atoms. The van der Waals surface area contributed by atoms with Crippen molar-refractivity contribution in [3.8, 4) is 5.06 Å². The Morgan fingerprint density at radius 1 is 1.70 bits per heavy atom. The Kier molecular flexibility index (Phi) is 3.18. The van der Waals surface area contributed by atoms with Crippen LogP contribution in [0.15, 0.2) is 11.7 Å². The van der Waals surface area contributed by atoms with Crippen LogP contribution in [-0.4, -0.2) is 18.1 Å². The van der Waals surface area contributed by atoms with Crippen molar-refractivity contribution in [3.63, 3.8) is 0 Å². The molecule has 4 heteroatoms. The smallest absolute Gasteiger partial charge is 0.193 e. The molecule has 0 atom stereocenters. The van der Waals surface area contributed by atoms with Crippen molar-refractivity contribution in [2.45, 2.75) is 6.42 Å². The van der Waals surface area contributed by atoms with E-state index in [9.17, 15) is 0 Å². The Hall–Kier alpha value is -0.610. The highest BCUT2D eigenvalue weighted by Gasteiger charge is 1.91. The van der Waals surface area contributed by atoms with E-state index < -0.39 is 0 Å². The second-order valence-corrected chi connectivity index (χ2v) is 2.66. The molecule has 0 aliphatic carbocycles. The van der Waals surface area contributed by atoms with Crippen molar-refractivity contribution >= 4 is 11.3 Å². The lowest BCUT2D eigenvalue weighted by Gasteiger charge is -1.98. The van der Waals surface area contributed by atoms with Crippen molar-refractivity contribution in [3.05, 3.63) is 11.7 Å². The Bertz CT molecular complexity index is 164. The summed E-state index contributed by atoms with van der Waals surface area (Å²) in [5.74, 6) is 0. The van der Waals surface area contributed by atoms with Crippen LogP contribution in [0.4, 0.5) is 0 Å². The molecule has 1 aromatic rings. The number of aromatic nitrogens is 1. The largest absolute Gasteiger partial charge is 0.483 e. The van der Waals surface area contributed by atoms with E-state index in [2.05, 4.69) is 4.98 Å². The SMILES string of the molecule is NCCCOc1cncs1. The van der Waals surface area contributed by atoms with E-state index in [0.29, 0.717) is 13.2 Å². The van der Waals surface area contributed by atoms with E-state index in [-0.39, 0.29) is 0 Å². The molecule has 56 valence electrons. The van der Waals surface area contributed by atoms with Crippen molar-refractivity contribution in [2.75, 3.05) is 13.2 Å². The third kappa shape index (κ3) is 2.33. The number of nitrogens with two attached hydrogens (primary N) is 1. The number of nitrogens with zero attached hydrogens (tertiary/aromatic N) is 1. The Labute approximate surface area is 63.8 Å². The minimum absolute atomic E-state index is 0.679. The first-order valence-corrected chi connectivity index (χ1v) is 4.03. The summed E-state index contributed by atoms with van der Waals surface area (Å²) in [6.45, 7) is 1.37. The normalized spacial score (nSPS) is 9.70. The molecule has 1 heterocycles. The van der Waals surface area contributed by atoms with Crippen LogP contribution in [0.2, 0.25) is 0 Å². The van der Waals surface area contributed by atoms with E-state index in [0.717, 1.165) is 11.5 Å². The fraction of sp³-hybridized carbons (Fsp3) is 0.500. The minimum atomic E-state index is 0.679. The predicted octanol–water partition coefficient (Wildman–Crippen LogP) is 0.871. The first-order valence-electron chi connectivity index (χ1n) is 3.15. The molecule has 0 bridgehead atoms. The van der Waals surface area contributed by atoms with Gasteiger partial charge in [-0.2, -0.15) is 0 Å². The molecule has 0 saturated carbocycles. The van der Waals surface area contributed by atoms with Gasteiger partial charge < -0.3 is 10.5 Å². The van der Waals surface area contributed by atoms with Gasteiger partial charge in [-0.1, -0.05) is 11.3 Å². The van der Waals surface area contributed by atoms with E-state index >= 15 is 0 Å². The van der Waals surface area contributed by atoms with Crippen LogP contribution >= 0.6 is 11.3 Å². The van der Waals surface area contributed by atoms with Gasteiger partial charge in [-0.15, -0.1) is 0 Å². The maximum absolute atomic E-state index is 5.28. The van der Waals surface area contributed by atoms with Crippen LogP contribution in [0.25, 0.3) is 0 Å². The van der Waals surface area contributed by atoms with Crippen molar-refractivity contribution in [1.29, 1.82) is 0 Å². The molecule has 0 fully saturated rings. The van der Waals surface area contributed by atoms with Gasteiger partial charge in [-0.25, -0.2) is 4.98 Å². The highest BCUT2D eigenvalue weighted by molar-refractivity contribution is 7.11. The zero-order chi connectivity index (χ0) is 7.23. The molecule has 1 rings (SSSR count). The van der Waals surface area contributed by atoms with Gasteiger partial charge in [-0.05, 0) is 13.0 Å². The van der Waals surface area contributed by atoms with Gasteiger partial charge in [-0.3, -0.25) is 0 Å². The van der Waals surface area contributed by atoms with E-state index in [1.54, 1.807) is 11.7 Å². The fourth-order valence-electron chi connectivity index (χ4n) is 0.531. The molecular formula is C6H10N2OS. The van der Waals surface area contributed by atoms with Gasteiger partial charge in [0, 0.05) is 0 Å². The van der Waals surface area contributed by atoms with Gasteiger partial charge in [0.15, 0.2) is 5.06 Å². The lowest BCUT2D eigenvalue weighted by Crippen LogP contribution is -2.05. The van der Waals surface area contributed by atoms with Gasteiger partial charge in [0.1, 0.15) is 0 Å². The van der Waals surface area contributed by atoms with E-state index in [1.807, 2.05) is 0 Å². The third-order valence-corrected chi connectivity index (χ3v) is 1.69. The molecule has 0 unspecified atom stereocenters. The third-order valence-electron chi connectivity index (χ3n) is 1.00. The van der Waals surface area contributed by atoms with Gasteiger partial charge in [0.05, 0.1) is 18.3 Å². The Balaban J connectivity index is 2.15. The van der Waals surface area contributed by atoms with Crippen LogP contribution in [0.3, 0.4) is 0 Å². The summed E-state index contributed by atoms with van der Waals surface area (Å²) in [5, 5.41) is 0.869. The molecular weight excluding hydrogens is 148 g/mol. The second kappa shape index (κ2) is 4.24. The number of hydrogen-bond donors (Lipinski definition) is 1. The lowest BCUT2D eigenvalue weighted by atomic mass is 10.5. The quantitative estimate of drug-likeness (QED) is 0.661. The molecule has 3 nitrogen and oxygen atoms in total. The summed E-state index contributed by atoms with van der Waals surface area (Å²) in [6.07, 6.45) is 2.61. The van der Waals surface area contributed by atoms with E-state index in [4.69, 9.17) is 10.5 Å². The first-order chi connectivity index (χ1) is 4.93. The van der Waals surface area contributed by atoms with Crippen molar-refractivity contribution in [2.24, 2.45) is 5.73 Å². The predicted molar refractivity (Wildman–Crippen MR) is 41.3 cm³/mol. The monoisotopic (exact) mass is 158 g/mol. The molecule has 0 aliphatic rings. The van der Waals surface area contributed by atoms with Crippen molar-refractivity contribution < 1.29 is 4.74 Å². The second-order valence-electron chi connectivity index (χ2n) is 1.81. The summed E-state index contributed by atoms with van der Waals surface area (Å²) < 4.78 is 5.26. The summed E-state index contributed by atoms with van der Waals surface area (Å²) >= 11 is 1.50. The maximum Gasteiger partial charge on any atom is 0.193 e. The average Bonchev–Trinajstić information content (AvgIpc) is 2.41. The number of ether oxygens (including phenoxy) is 1.